The van der Waals surface area contributed by atoms with Gasteiger partial charge in [-0.2, -0.15) is 0 Å². The van der Waals surface area contributed by atoms with Crippen molar-refractivity contribution < 1.29 is 0 Å². The fourth-order valence-electron chi connectivity index (χ4n) is 3.68. The van der Waals surface area contributed by atoms with E-state index in [1.54, 1.807) is 0 Å². The summed E-state index contributed by atoms with van der Waals surface area (Å²) in [5.74, 6) is 1.98. The number of hydrogen-bond donors (Lipinski definition) is 1. The molecule has 20 heavy (non-hydrogen) atoms. The highest BCUT2D eigenvalue weighted by Crippen LogP contribution is 2.28. The first-order chi connectivity index (χ1) is 9.78. The van der Waals surface area contributed by atoms with Crippen molar-refractivity contribution >= 4 is 5.95 Å². The van der Waals surface area contributed by atoms with Crippen molar-refractivity contribution in [3.05, 3.63) is 24.5 Å². The number of allylic oxidation sites excluding steroid dienone is 1. The van der Waals surface area contributed by atoms with Crippen molar-refractivity contribution in [2.45, 2.75) is 45.2 Å². The molecule has 0 spiro atoms. The molecule has 1 atom stereocenters. The molecule has 1 aromatic heterocycles. The molecule has 0 bridgehead atoms. The molecule has 1 N–H and O–H groups in total. The number of piperidine rings is 1. The Labute approximate surface area is 121 Å². The minimum absolute atomic E-state index is 0.770. The number of aryl methyl sites for hydroxylation is 1. The van der Waals surface area contributed by atoms with Gasteiger partial charge in [0.05, 0.1) is 5.69 Å². The van der Waals surface area contributed by atoms with Crippen LogP contribution in [0.5, 0.6) is 0 Å². The smallest absolute Gasteiger partial charge is 0.206 e. The summed E-state index contributed by atoms with van der Waals surface area (Å²) in [4.78, 5) is 7.15. The van der Waals surface area contributed by atoms with Crippen molar-refractivity contribution in [3.63, 3.8) is 0 Å². The first-order valence-corrected chi connectivity index (χ1v) is 7.91. The quantitative estimate of drug-likeness (QED) is 0.856. The van der Waals surface area contributed by atoms with Crippen LogP contribution in [0.25, 0.3) is 0 Å². The summed E-state index contributed by atoms with van der Waals surface area (Å²) in [7, 11) is 0. The minimum Gasteiger partial charge on any atom is -0.342 e. The normalized spacial score (nSPS) is 24.2. The third kappa shape index (κ3) is 2.75. The summed E-state index contributed by atoms with van der Waals surface area (Å²) in [6.07, 6.45) is 9.37. The van der Waals surface area contributed by atoms with Crippen LogP contribution in [0.4, 0.5) is 5.95 Å². The van der Waals surface area contributed by atoms with Crippen LogP contribution in [0.15, 0.2) is 18.9 Å². The van der Waals surface area contributed by atoms with Gasteiger partial charge in [0.15, 0.2) is 0 Å². The highest BCUT2D eigenvalue weighted by molar-refractivity contribution is 5.34. The van der Waals surface area contributed by atoms with E-state index in [9.17, 15) is 0 Å². The monoisotopic (exact) mass is 274 g/mol. The van der Waals surface area contributed by atoms with Crippen LogP contribution < -0.4 is 10.2 Å². The van der Waals surface area contributed by atoms with E-state index in [1.807, 2.05) is 6.08 Å². The van der Waals surface area contributed by atoms with Gasteiger partial charge in [-0.3, -0.25) is 0 Å². The molecule has 4 heteroatoms. The highest BCUT2D eigenvalue weighted by atomic mass is 15.3. The Balaban J connectivity index is 1.63. The van der Waals surface area contributed by atoms with Crippen molar-refractivity contribution in [3.8, 4) is 0 Å². The topological polar surface area (TPSA) is 33.1 Å². The van der Waals surface area contributed by atoms with Gasteiger partial charge < -0.3 is 14.8 Å². The Morgan fingerprint density at radius 2 is 2.20 bits per heavy atom. The predicted octanol–water partition coefficient (Wildman–Crippen LogP) is 2.35. The van der Waals surface area contributed by atoms with Gasteiger partial charge >= 0.3 is 0 Å². The zero-order chi connectivity index (χ0) is 13.9. The van der Waals surface area contributed by atoms with E-state index < -0.39 is 0 Å². The summed E-state index contributed by atoms with van der Waals surface area (Å²) in [6, 6.07) is 0.770. The summed E-state index contributed by atoms with van der Waals surface area (Å²) < 4.78 is 2.22. The molecule has 3 heterocycles. The molecule has 1 aromatic rings. The number of aromatic nitrogens is 2. The van der Waals surface area contributed by atoms with Crippen LogP contribution in [-0.2, 0) is 6.54 Å². The number of imidazole rings is 1. The van der Waals surface area contributed by atoms with Gasteiger partial charge in [-0.05, 0) is 45.1 Å². The molecule has 4 nitrogen and oxygen atoms in total. The second-order valence-electron chi connectivity index (χ2n) is 6.15. The maximum Gasteiger partial charge on any atom is 0.206 e. The molecule has 2 fully saturated rings. The fraction of sp³-hybridized carbons (Fsp3) is 0.688. The van der Waals surface area contributed by atoms with Crippen molar-refractivity contribution in [1.82, 2.24) is 14.9 Å². The van der Waals surface area contributed by atoms with Crippen LogP contribution in [0.2, 0.25) is 0 Å². The number of nitrogens with zero attached hydrogens (tertiary/aromatic N) is 3. The molecule has 0 radical (unpaired) electrons. The molecule has 2 saturated heterocycles. The van der Waals surface area contributed by atoms with E-state index in [1.165, 1.54) is 32.2 Å². The summed E-state index contributed by atoms with van der Waals surface area (Å²) >= 11 is 0. The predicted molar refractivity (Wildman–Crippen MR) is 83.1 cm³/mol. The zero-order valence-electron chi connectivity index (χ0n) is 12.5. The molecular weight excluding hydrogens is 248 g/mol. The second-order valence-corrected chi connectivity index (χ2v) is 6.15. The molecule has 2 aliphatic rings. The standard InChI is InChI=1S/C16H26N4/c1-3-9-20-12-13(2)18-16(20)19-10-6-14(7-11-19)15-5-4-8-17-15/h3,12,14-15,17H,1,4-11H2,2H3. The van der Waals surface area contributed by atoms with Crippen LogP contribution in [0.1, 0.15) is 31.4 Å². The third-order valence-corrected chi connectivity index (χ3v) is 4.69. The van der Waals surface area contributed by atoms with Crippen LogP contribution >= 0.6 is 0 Å². The molecule has 0 saturated carbocycles. The van der Waals surface area contributed by atoms with Gasteiger partial charge in [0.1, 0.15) is 0 Å². The molecule has 3 rings (SSSR count). The van der Waals surface area contributed by atoms with Crippen LogP contribution in [0, 0.1) is 12.8 Å². The first kappa shape index (κ1) is 13.7. The molecular formula is C16H26N4. The minimum atomic E-state index is 0.770. The number of hydrogen-bond acceptors (Lipinski definition) is 3. The Kier molecular flexibility index (Phi) is 4.10. The molecule has 0 aliphatic carbocycles. The molecule has 0 amide bonds. The first-order valence-electron chi connectivity index (χ1n) is 7.91. The van der Waals surface area contributed by atoms with Crippen LogP contribution in [-0.4, -0.2) is 35.2 Å². The van der Waals surface area contributed by atoms with E-state index in [0.29, 0.717) is 0 Å². The fourth-order valence-corrected chi connectivity index (χ4v) is 3.68. The van der Waals surface area contributed by atoms with Crippen molar-refractivity contribution in [2.75, 3.05) is 24.5 Å². The van der Waals surface area contributed by atoms with Gasteiger partial charge in [0.25, 0.3) is 0 Å². The van der Waals surface area contributed by atoms with Crippen molar-refractivity contribution in [2.24, 2.45) is 5.92 Å². The molecule has 1 unspecified atom stereocenters. The van der Waals surface area contributed by atoms with Crippen LogP contribution in [0.3, 0.4) is 0 Å². The number of nitrogens with one attached hydrogen (secondary N) is 1. The lowest BCUT2D eigenvalue weighted by atomic mass is 9.89. The number of rotatable bonds is 4. The van der Waals surface area contributed by atoms with E-state index in [0.717, 1.165) is 43.2 Å². The summed E-state index contributed by atoms with van der Waals surface area (Å²) in [6.45, 7) is 10.2. The Bertz CT molecular complexity index is 451. The Morgan fingerprint density at radius 1 is 1.40 bits per heavy atom. The highest BCUT2D eigenvalue weighted by Gasteiger charge is 2.29. The lowest BCUT2D eigenvalue weighted by Gasteiger charge is -2.35. The van der Waals surface area contributed by atoms with E-state index >= 15 is 0 Å². The lowest BCUT2D eigenvalue weighted by Crippen LogP contribution is -2.41. The number of anilines is 1. The van der Waals surface area contributed by atoms with Gasteiger partial charge in [0.2, 0.25) is 5.95 Å². The average molecular weight is 274 g/mol. The van der Waals surface area contributed by atoms with Crippen molar-refractivity contribution in [1.29, 1.82) is 0 Å². The van der Waals surface area contributed by atoms with E-state index in [4.69, 9.17) is 4.98 Å². The Morgan fingerprint density at radius 3 is 2.85 bits per heavy atom. The molecule has 0 aromatic carbocycles. The lowest BCUT2D eigenvalue weighted by molar-refractivity contribution is 0.317. The molecule has 110 valence electrons. The van der Waals surface area contributed by atoms with Gasteiger partial charge in [-0.15, -0.1) is 6.58 Å². The third-order valence-electron chi connectivity index (χ3n) is 4.69. The summed E-state index contributed by atoms with van der Waals surface area (Å²) in [5, 5.41) is 3.66. The average Bonchev–Trinajstić information content (AvgIpc) is 3.09. The van der Waals surface area contributed by atoms with Gasteiger partial charge in [0, 0.05) is 31.9 Å². The van der Waals surface area contributed by atoms with Gasteiger partial charge in [-0.1, -0.05) is 6.08 Å². The second kappa shape index (κ2) is 6.00. The maximum atomic E-state index is 4.70. The summed E-state index contributed by atoms with van der Waals surface area (Å²) in [5.41, 5.74) is 1.10. The largest absolute Gasteiger partial charge is 0.342 e. The Hall–Kier alpha value is -1.29. The van der Waals surface area contributed by atoms with E-state index in [-0.39, 0.29) is 0 Å². The zero-order valence-corrected chi connectivity index (χ0v) is 12.5. The van der Waals surface area contributed by atoms with Gasteiger partial charge in [-0.25, -0.2) is 4.98 Å². The van der Waals surface area contributed by atoms with E-state index in [2.05, 4.69) is 34.5 Å². The molecule has 2 aliphatic heterocycles. The maximum absolute atomic E-state index is 4.70. The SMILES string of the molecule is C=CCn1cc(C)nc1N1CCC(C2CCCN2)CC1.